The molecule has 0 heterocycles. The van der Waals surface area contributed by atoms with Crippen LogP contribution in [0.5, 0.6) is 0 Å². The Morgan fingerprint density at radius 1 is 1.27 bits per heavy atom. The van der Waals surface area contributed by atoms with E-state index in [9.17, 15) is 8.42 Å². The third kappa shape index (κ3) is 10.1. The zero-order valence-electron chi connectivity index (χ0n) is 9.30. The van der Waals surface area contributed by atoms with Crippen LogP contribution >= 0.6 is 0 Å². The second kappa shape index (κ2) is 7.14. The fourth-order valence-corrected chi connectivity index (χ4v) is 1.21. The van der Waals surface area contributed by atoms with Crippen molar-refractivity contribution in [3.63, 3.8) is 0 Å². The molecule has 0 aliphatic rings. The monoisotopic (exact) mass is 234 g/mol. The summed E-state index contributed by atoms with van der Waals surface area (Å²) in [5, 5.41) is 0. The van der Waals surface area contributed by atoms with Gasteiger partial charge < -0.3 is 0 Å². The van der Waals surface area contributed by atoms with Crippen molar-refractivity contribution in [3.8, 4) is 0 Å². The van der Waals surface area contributed by atoms with Crippen molar-refractivity contribution in [2.75, 3.05) is 19.5 Å². The van der Waals surface area contributed by atoms with E-state index in [4.69, 9.17) is 9.39 Å². The summed E-state index contributed by atoms with van der Waals surface area (Å²) in [5.41, 5.74) is 0. The molecule has 0 aliphatic carbocycles. The van der Waals surface area contributed by atoms with E-state index in [1.807, 2.05) is 6.92 Å². The molecule has 0 saturated heterocycles. The van der Waals surface area contributed by atoms with Crippen molar-refractivity contribution in [1.29, 1.82) is 0 Å². The van der Waals surface area contributed by atoms with Crippen molar-refractivity contribution in [1.82, 2.24) is 0 Å². The molecule has 8 heteroatoms. The van der Waals surface area contributed by atoms with Crippen LogP contribution in [0.15, 0.2) is 0 Å². The molecule has 86 valence electrons. The van der Waals surface area contributed by atoms with Gasteiger partial charge in [0, 0.05) is 0 Å². The molecular formula is C7H16B2O5S. The number of hydrogen-bond acceptors (Lipinski definition) is 5. The predicted octanol–water partition coefficient (Wildman–Crippen LogP) is -0.792. The molecule has 0 spiro atoms. The molecular weight excluding hydrogens is 218 g/mol. The molecule has 2 unspecified atom stereocenters. The van der Waals surface area contributed by atoms with Crippen LogP contribution in [-0.4, -0.2) is 54.5 Å². The first kappa shape index (κ1) is 14.8. The zero-order valence-corrected chi connectivity index (χ0v) is 10.1. The molecule has 0 amide bonds. The summed E-state index contributed by atoms with van der Waals surface area (Å²) in [6, 6.07) is 0. The normalized spacial score (nSPS) is 15.3. The van der Waals surface area contributed by atoms with E-state index in [1.165, 1.54) is 7.00 Å². The first-order valence-corrected chi connectivity index (χ1v) is 6.39. The Bertz CT molecular complexity index is 279. The second-order valence-corrected chi connectivity index (χ2v) is 4.89. The number of hydrogen-bond donors (Lipinski definition) is 0. The maximum absolute atomic E-state index is 10.7. The molecule has 15 heavy (non-hydrogen) atoms. The standard InChI is InChI=1S/C7H16B2O5S/c1-6(5-13-15(3,10)11)12-4-7(2)14-9-8/h6-8H,4-5H2,1-3H3. The minimum absolute atomic E-state index is 0.0135. The Kier molecular flexibility index (Phi) is 7.04. The van der Waals surface area contributed by atoms with E-state index in [0.717, 1.165) is 6.26 Å². The molecule has 0 saturated carbocycles. The summed E-state index contributed by atoms with van der Waals surface area (Å²) in [7, 11) is 1.36. The van der Waals surface area contributed by atoms with Gasteiger partial charge in [0.05, 0.1) is 0 Å². The molecule has 0 radical (unpaired) electrons. The molecule has 5 nitrogen and oxygen atoms in total. The van der Waals surface area contributed by atoms with Gasteiger partial charge >= 0.3 is 92.0 Å². The molecule has 0 rings (SSSR count). The summed E-state index contributed by atoms with van der Waals surface area (Å²) in [6.45, 7) is 3.93. The Morgan fingerprint density at radius 2 is 1.87 bits per heavy atom. The van der Waals surface area contributed by atoms with E-state index in [-0.39, 0.29) is 18.8 Å². The molecule has 0 aromatic rings. The van der Waals surface area contributed by atoms with Crippen LogP contribution in [0.4, 0.5) is 0 Å². The van der Waals surface area contributed by atoms with Gasteiger partial charge in [-0.15, -0.1) is 0 Å². The summed E-state index contributed by atoms with van der Waals surface area (Å²) >= 11 is 0. The summed E-state index contributed by atoms with van der Waals surface area (Å²) in [5.74, 6) is 0. The molecule has 0 aromatic heterocycles. The first-order valence-electron chi connectivity index (χ1n) is 4.57. The van der Waals surface area contributed by atoms with Crippen molar-refractivity contribution >= 4 is 24.5 Å². The summed E-state index contributed by atoms with van der Waals surface area (Å²) in [4.78, 5) is 0. The van der Waals surface area contributed by atoms with Crippen LogP contribution in [0.3, 0.4) is 0 Å². The fourth-order valence-electron chi connectivity index (χ4n) is 0.771. The van der Waals surface area contributed by atoms with Gasteiger partial charge in [0.1, 0.15) is 0 Å². The summed E-state index contributed by atoms with van der Waals surface area (Å²) in [6.07, 6.45) is 0.599. The maximum atomic E-state index is 10.7. The summed E-state index contributed by atoms with van der Waals surface area (Å²) < 4.78 is 36.2. The van der Waals surface area contributed by atoms with E-state index >= 15 is 0 Å². The van der Waals surface area contributed by atoms with Crippen molar-refractivity contribution in [3.05, 3.63) is 0 Å². The number of rotatable bonds is 8. The molecule has 0 N–H and O–H groups in total. The van der Waals surface area contributed by atoms with Gasteiger partial charge in [-0.1, -0.05) is 0 Å². The van der Waals surface area contributed by atoms with Crippen LogP contribution in [0.25, 0.3) is 0 Å². The van der Waals surface area contributed by atoms with Gasteiger partial charge in [-0.3, -0.25) is 0 Å². The third-order valence-electron chi connectivity index (χ3n) is 1.46. The SMILES string of the molecule is B=BOC(C)COC(C)COS(C)(=O)=O. The van der Waals surface area contributed by atoms with E-state index in [1.54, 1.807) is 6.92 Å². The van der Waals surface area contributed by atoms with E-state index < -0.39 is 10.1 Å². The fraction of sp³-hybridized carbons (Fsp3) is 1.00. The topological polar surface area (TPSA) is 61.8 Å². The molecule has 2 atom stereocenters. The van der Waals surface area contributed by atoms with Crippen molar-refractivity contribution in [2.24, 2.45) is 0 Å². The minimum atomic E-state index is -3.40. The van der Waals surface area contributed by atoms with Gasteiger partial charge in [-0.05, 0) is 0 Å². The molecule has 0 aliphatic heterocycles. The quantitative estimate of drug-likeness (QED) is 0.406. The van der Waals surface area contributed by atoms with Crippen LogP contribution in [0.1, 0.15) is 13.8 Å². The van der Waals surface area contributed by atoms with E-state index in [2.05, 4.69) is 11.6 Å². The predicted molar refractivity (Wildman–Crippen MR) is 59.7 cm³/mol. The average molecular weight is 234 g/mol. The first-order chi connectivity index (χ1) is 6.85. The van der Waals surface area contributed by atoms with Crippen LogP contribution in [0, 0.1) is 0 Å². The van der Waals surface area contributed by atoms with E-state index in [0.29, 0.717) is 6.61 Å². The van der Waals surface area contributed by atoms with Crippen molar-refractivity contribution in [2.45, 2.75) is 26.1 Å². The Hall–Kier alpha value is -0.200. The Balaban J connectivity index is 3.66. The molecule has 0 aromatic carbocycles. The van der Waals surface area contributed by atoms with Gasteiger partial charge in [-0.2, -0.15) is 0 Å². The van der Waals surface area contributed by atoms with Crippen LogP contribution in [0.2, 0.25) is 0 Å². The third-order valence-corrected chi connectivity index (χ3v) is 2.03. The van der Waals surface area contributed by atoms with Crippen LogP contribution < -0.4 is 0 Å². The van der Waals surface area contributed by atoms with Crippen molar-refractivity contribution < 1.29 is 22.0 Å². The Labute approximate surface area is 92.5 Å². The van der Waals surface area contributed by atoms with Gasteiger partial charge in [0.15, 0.2) is 0 Å². The van der Waals surface area contributed by atoms with Crippen LogP contribution in [-0.2, 0) is 23.7 Å². The zero-order chi connectivity index (χ0) is 11.9. The average Bonchev–Trinajstić information content (AvgIpc) is 2.11. The Morgan fingerprint density at radius 3 is 2.33 bits per heavy atom. The van der Waals surface area contributed by atoms with Gasteiger partial charge in [-0.25, -0.2) is 0 Å². The molecule has 0 fully saturated rings. The van der Waals surface area contributed by atoms with Gasteiger partial charge in [0.2, 0.25) is 0 Å². The van der Waals surface area contributed by atoms with Gasteiger partial charge in [0.25, 0.3) is 0 Å². The molecule has 0 bridgehead atoms. The second-order valence-electron chi connectivity index (χ2n) is 3.25. The number of ether oxygens (including phenoxy) is 1.